The number of carbonyl (C=O) groups excluding carboxylic acids is 3. The van der Waals surface area contributed by atoms with Crippen LogP contribution in [0.5, 0.6) is 0 Å². The molecule has 0 amide bonds. The molecule has 0 N–H and O–H groups in total. The normalized spacial score (nSPS) is 13.0. The summed E-state index contributed by atoms with van der Waals surface area (Å²) in [5.41, 5.74) is 0. The van der Waals surface area contributed by atoms with Crippen molar-refractivity contribution in [2.75, 3.05) is 13.2 Å². The van der Waals surface area contributed by atoms with Crippen molar-refractivity contribution in [2.24, 2.45) is 0 Å². The summed E-state index contributed by atoms with van der Waals surface area (Å²) in [6.45, 7) is 6.41. The largest absolute Gasteiger partial charge is 0.462 e. The molecule has 0 aromatic rings. The summed E-state index contributed by atoms with van der Waals surface area (Å²) < 4.78 is 17.0. The highest BCUT2D eigenvalue weighted by atomic mass is 16.6. The number of rotatable bonds is 61. The Kier molecular flexibility index (Phi) is 65.3. The number of allylic oxidation sites excluding steroid dienone is 22. The molecule has 6 heteroatoms. The molecule has 0 fully saturated rings. The van der Waals surface area contributed by atoms with E-state index in [2.05, 4.69) is 154 Å². The van der Waals surface area contributed by atoms with Crippen LogP contribution in [0.4, 0.5) is 0 Å². The average Bonchev–Trinajstić information content (AvgIpc) is 3.47. The van der Waals surface area contributed by atoms with Crippen LogP contribution in [0.15, 0.2) is 134 Å². The summed E-state index contributed by atoms with van der Waals surface area (Å²) in [7, 11) is 0. The van der Waals surface area contributed by atoms with Gasteiger partial charge in [-0.05, 0) is 135 Å². The molecule has 1 atom stereocenters. The molecule has 0 bridgehead atoms. The van der Waals surface area contributed by atoms with Gasteiger partial charge in [-0.1, -0.05) is 289 Å². The van der Waals surface area contributed by atoms with Gasteiger partial charge in [0, 0.05) is 19.3 Å². The summed E-state index contributed by atoms with van der Waals surface area (Å²) in [6, 6.07) is 0. The van der Waals surface area contributed by atoms with Gasteiger partial charge < -0.3 is 14.2 Å². The smallest absolute Gasteiger partial charge is 0.306 e. The zero-order valence-electron chi connectivity index (χ0n) is 53.5. The van der Waals surface area contributed by atoms with Gasteiger partial charge in [-0.3, -0.25) is 14.4 Å². The highest BCUT2D eigenvalue weighted by Gasteiger charge is 2.19. The van der Waals surface area contributed by atoms with Crippen molar-refractivity contribution >= 4 is 17.9 Å². The first-order valence-corrected chi connectivity index (χ1v) is 34.2. The SMILES string of the molecule is CC/C=C\C/C=C\C/C=C\C/C=C\C/C=C\C/C=C\C/C=C\CCCCCCCCCC(=O)OCC(COC(=O)CCCCCCCCC/C=C\C/C=C\C/C=C\CC)OC(=O)CCCCCCCCC/C=C\CCCCCCCCC. The lowest BCUT2D eigenvalue weighted by atomic mass is 10.1. The zero-order chi connectivity index (χ0) is 59.2. The monoisotopic (exact) mass is 1130 g/mol. The number of hydrogen-bond donors (Lipinski definition) is 0. The van der Waals surface area contributed by atoms with Crippen molar-refractivity contribution in [1.29, 1.82) is 0 Å². The second-order valence-electron chi connectivity index (χ2n) is 22.3. The molecule has 82 heavy (non-hydrogen) atoms. The fourth-order valence-electron chi connectivity index (χ4n) is 9.32. The molecule has 0 heterocycles. The molecule has 0 aliphatic heterocycles. The van der Waals surface area contributed by atoms with Crippen LogP contribution in [-0.2, 0) is 28.6 Å². The first kappa shape index (κ1) is 77.5. The minimum atomic E-state index is -0.796. The molecule has 0 aromatic heterocycles. The molecule has 0 saturated carbocycles. The molecule has 0 radical (unpaired) electrons. The molecular formula is C76H126O6. The summed E-state index contributed by atoms with van der Waals surface area (Å²) in [5.74, 6) is -0.908. The first-order chi connectivity index (χ1) is 40.5. The second-order valence-corrected chi connectivity index (χ2v) is 22.3. The Labute approximate surface area is 506 Å². The molecule has 0 saturated heterocycles. The Hall–Kier alpha value is -4.45. The lowest BCUT2D eigenvalue weighted by molar-refractivity contribution is -0.167. The van der Waals surface area contributed by atoms with Crippen LogP contribution in [0, 0.1) is 0 Å². The van der Waals surface area contributed by atoms with Crippen LogP contribution in [0.2, 0.25) is 0 Å². The molecule has 0 rings (SSSR count). The number of ether oxygens (including phenoxy) is 3. The summed E-state index contributed by atoms with van der Waals surface area (Å²) in [6.07, 6.45) is 97.4. The van der Waals surface area contributed by atoms with Crippen LogP contribution < -0.4 is 0 Å². The van der Waals surface area contributed by atoms with Crippen molar-refractivity contribution in [3.05, 3.63) is 134 Å². The van der Waals surface area contributed by atoms with E-state index in [1.807, 2.05) is 0 Å². The van der Waals surface area contributed by atoms with Crippen LogP contribution >= 0.6 is 0 Å². The van der Waals surface area contributed by atoms with Gasteiger partial charge >= 0.3 is 17.9 Å². The molecule has 0 spiro atoms. The maximum Gasteiger partial charge on any atom is 0.306 e. The minimum Gasteiger partial charge on any atom is -0.462 e. The third-order valence-corrected chi connectivity index (χ3v) is 14.4. The molecule has 1 unspecified atom stereocenters. The quantitative estimate of drug-likeness (QED) is 0.0261. The molecule has 0 aliphatic carbocycles. The predicted octanol–water partition coefficient (Wildman–Crippen LogP) is 23.7. The van der Waals surface area contributed by atoms with Gasteiger partial charge in [-0.2, -0.15) is 0 Å². The van der Waals surface area contributed by atoms with E-state index in [0.29, 0.717) is 19.3 Å². The summed E-state index contributed by atoms with van der Waals surface area (Å²) in [4.78, 5) is 38.4. The molecule has 0 aliphatic rings. The highest BCUT2D eigenvalue weighted by molar-refractivity contribution is 5.71. The van der Waals surface area contributed by atoms with Crippen LogP contribution in [0.1, 0.15) is 310 Å². The van der Waals surface area contributed by atoms with E-state index in [4.69, 9.17) is 14.2 Å². The molecule has 466 valence electrons. The number of hydrogen-bond acceptors (Lipinski definition) is 6. The van der Waals surface area contributed by atoms with E-state index in [-0.39, 0.29) is 31.1 Å². The lowest BCUT2D eigenvalue weighted by Crippen LogP contribution is -2.30. The lowest BCUT2D eigenvalue weighted by Gasteiger charge is -2.18. The maximum atomic E-state index is 12.9. The molecular weight excluding hydrogens is 1010 g/mol. The Morgan fingerprint density at radius 2 is 0.476 bits per heavy atom. The third-order valence-electron chi connectivity index (χ3n) is 14.4. The Balaban J connectivity index is 4.39. The molecule has 6 nitrogen and oxygen atoms in total. The van der Waals surface area contributed by atoms with Crippen molar-refractivity contribution in [2.45, 2.75) is 316 Å². The van der Waals surface area contributed by atoms with Gasteiger partial charge in [0.15, 0.2) is 6.10 Å². The van der Waals surface area contributed by atoms with Gasteiger partial charge in [0.1, 0.15) is 13.2 Å². The summed E-state index contributed by atoms with van der Waals surface area (Å²) >= 11 is 0. The minimum absolute atomic E-state index is 0.0908. The van der Waals surface area contributed by atoms with Crippen LogP contribution in [0.3, 0.4) is 0 Å². The fraction of sp³-hybridized carbons (Fsp3) is 0.671. The third kappa shape index (κ3) is 66.4. The standard InChI is InChI=1S/C76H126O6/c1-4-7-10-13-16-19-22-25-28-31-33-34-35-36-37-38-39-40-41-42-43-46-48-51-54-57-60-63-66-69-75(78)81-72-73(71-80-74(77)68-65-62-59-56-53-50-47-44-30-27-24-21-18-15-12-9-6-3)82-76(79)70-67-64-61-58-55-52-49-45-32-29-26-23-20-17-14-11-8-5-2/h7,9-10,12,16,18-19,21,25,27-30,32-34,36-37,39-40,42-43,73H,4-6,8,11,13-15,17,20,22-24,26,31,35,38,41,44-72H2,1-3H3/b10-7-,12-9-,19-16-,21-18-,28-25-,30-27-,32-29-,34-33-,37-36-,40-39-,43-42-. The van der Waals surface area contributed by atoms with E-state index >= 15 is 0 Å². The Bertz CT molecular complexity index is 1730. The zero-order valence-corrected chi connectivity index (χ0v) is 53.5. The number of carbonyl (C=O) groups is 3. The van der Waals surface area contributed by atoms with Crippen molar-refractivity contribution in [3.63, 3.8) is 0 Å². The summed E-state index contributed by atoms with van der Waals surface area (Å²) in [5, 5.41) is 0. The van der Waals surface area contributed by atoms with Gasteiger partial charge in [0.2, 0.25) is 0 Å². The second kappa shape index (κ2) is 69.0. The van der Waals surface area contributed by atoms with Gasteiger partial charge in [0.05, 0.1) is 0 Å². The number of unbranched alkanes of at least 4 members (excludes halogenated alkanes) is 28. The highest BCUT2D eigenvalue weighted by Crippen LogP contribution is 2.16. The Morgan fingerprint density at radius 1 is 0.256 bits per heavy atom. The van der Waals surface area contributed by atoms with E-state index in [1.54, 1.807) is 0 Å². The molecule has 0 aromatic carbocycles. The van der Waals surface area contributed by atoms with Gasteiger partial charge in [-0.15, -0.1) is 0 Å². The Morgan fingerprint density at radius 3 is 0.756 bits per heavy atom. The van der Waals surface area contributed by atoms with E-state index in [0.717, 1.165) is 135 Å². The van der Waals surface area contributed by atoms with E-state index < -0.39 is 6.10 Å². The van der Waals surface area contributed by atoms with Gasteiger partial charge in [0.25, 0.3) is 0 Å². The number of esters is 3. The van der Waals surface area contributed by atoms with E-state index in [9.17, 15) is 14.4 Å². The van der Waals surface area contributed by atoms with Crippen molar-refractivity contribution in [3.8, 4) is 0 Å². The maximum absolute atomic E-state index is 12.9. The van der Waals surface area contributed by atoms with Crippen molar-refractivity contribution < 1.29 is 28.6 Å². The topological polar surface area (TPSA) is 78.9 Å². The van der Waals surface area contributed by atoms with E-state index in [1.165, 1.54) is 135 Å². The predicted molar refractivity (Wildman–Crippen MR) is 357 cm³/mol. The van der Waals surface area contributed by atoms with Gasteiger partial charge in [-0.25, -0.2) is 0 Å². The van der Waals surface area contributed by atoms with Crippen LogP contribution in [-0.4, -0.2) is 37.2 Å². The van der Waals surface area contributed by atoms with Crippen molar-refractivity contribution in [1.82, 2.24) is 0 Å². The average molecular weight is 1140 g/mol. The fourth-order valence-corrected chi connectivity index (χ4v) is 9.32. The first-order valence-electron chi connectivity index (χ1n) is 34.2. The van der Waals surface area contributed by atoms with Crippen LogP contribution in [0.25, 0.3) is 0 Å².